The van der Waals surface area contributed by atoms with Crippen LogP contribution in [-0.2, 0) is 0 Å². The molecule has 2 aromatic rings. The van der Waals surface area contributed by atoms with E-state index in [9.17, 15) is 0 Å². The number of halogens is 1. The molecule has 0 unspecified atom stereocenters. The molecule has 1 heterocycles. The highest BCUT2D eigenvalue weighted by molar-refractivity contribution is 6.32. The summed E-state index contributed by atoms with van der Waals surface area (Å²) in [6.07, 6.45) is 1.45. The maximum absolute atomic E-state index is 6.02. The van der Waals surface area contributed by atoms with Gasteiger partial charge < -0.3 is 14.8 Å². The second kappa shape index (κ2) is 6.27. The molecule has 2 rings (SSSR count). The number of aromatic nitrogens is 2. The van der Waals surface area contributed by atoms with Gasteiger partial charge in [-0.1, -0.05) is 11.6 Å². The van der Waals surface area contributed by atoms with Crippen LogP contribution in [0.3, 0.4) is 0 Å². The molecule has 0 saturated carbocycles. The summed E-state index contributed by atoms with van der Waals surface area (Å²) in [6, 6.07) is 5.36. The zero-order chi connectivity index (χ0) is 14.5. The van der Waals surface area contributed by atoms with Crippen LogP contribution in [0.1, 0.15) is 0 Å². The standard InChI is InChI=1S/C12H14ClN5O2/c1-19-9-4-3-7(5-10(9)20-2)16-11-8(13)6-15-12(17-11)18-14/h3-6H,14H2,1-2H3,(H2,15,16,17,18). The van der Waals surface area contributed by atoms with Crippen LogP contribution in [0, 0.1) is 0 Å². The van der Waals surface area contributed by atoms with Gasteiger partial charge in [-0.15, -0.1) is 0 Å². The second-order valence-corrected chi connectivity index (χ2v) is 4.14. The third-order valence-electron chi connectivity index (χ3n) is 2.52. The fraction of sp³-hybridized carbons (Fsp3) is 0.167. The third kappa shape index (κ3) is 3.01. The van der Waals surface area contributed by atoms with Gasteiger partial charge in [-0.05, 0) is 12.1 Å². The summed E-state index contributed by atoms with van der Waals surface area (Å²) in [5.41, 5.74) is 3.10. The van der Waals surface area contributed by atoms with Crippen molar-refractivity contribution in [1.29, 1.82) is 0 Å². The molecule has 7 nitrogen and oxygen atoms in total. The zero-order valence-electron chi connectivity index (χ0n) is 11.0. The molecule has 0 bridgehead atoms. The van der Waals surface area contributed by atoms with Crippen LogP contribution in [0.2, 0.25) is 5.02 Å². The van der Waals surface area contributed by atoms with E-state index in [1.165, 1.54) is 6.20 Å². The van der Waals surface area contributed by atoms with E-state index >= 15 is 0 Å². The summed E-state index contributed by atoms with van der Waals surface area (Å²) in [7, 11) is 3.14. The molecule has 0 spiro atoms. The van der Waals surface area contributed by atoms with Gasteiger partial charge in [0, 0.05) is 11.8 Å². The molecule has 0 fully saturated rings. The molecule has 1 aromatic carbocycles. The van der Waals surface area contributed by atoms with Crippen molar-refractivity contribution in [1.82, 2.24) is 9.97 Å². The van der Waals surface area contributed by atoms with E-state index in [0.29, 0.717) is 22.3 Å². The largest absolute Gasteiger partial charge is 0.493 e. The van der Waals surface area contributed by atoms with Gasteiger partial charge in [0.1, 0.15) is 5.02 Å². The van der Waals surface area contributed by atoms with E-state index in [4.69, 9.17) is 26.9 Å². The Labute approximate surface area is 121 Å². The average Bonchev–Trinajstić information content (AvgIpc) is 2.49. The van der Waals surface area contributed by atoms with Crippen molar-refractivity contribution in [3.8, 4) is 11.5 Å². The van der Waals surface area contributed by atoms with Crippen LogP contribution < -0.4 is 26.1 Å². The molecule has 0 radical (unpaired) electrons. The minimum Gasteiger partial charge on any atom is -0.493 e. The molecular weight excluding hydrogens is 282 g/mol. The molecule has 1 aromatic heterocycles. The third-order valence-corrected chi connectivity index (χ3v) is 2.80. The fourth-order valence-electron chi connectivity index (χ4n) is 1.58. The Morgan fingerprint density at radius 2 is 1.95 bits per heavy atom. The lowest BCUT2D eigenvalue weighted by molar-refractivity contribution is 0.355. The summed E-state index contributed by atoms with van der Waals surface area (Å²) in [4.78, 5) is 8.02. The molecule has 0 aliphatic rings. The number of methoxy groups -OCH3 is 2. The lowest BCUT2D eigenvalue weighted by atomic mass is 10.2. The molecule has 106 valence electrons. The minimum atomic E-state index is 0.261. The number of hydrazine groups is 1. The smallest absolute Gasteiger partial charge is 0.239 e. The molecule has 0 amide bonds. The summed E-state index contributed by atoms with van der Waals surface area (Å²) >= 11 is 6.02. The number of hydrogen-bond donors (Lipinski definition) is 3. The fourth-order valence-corrected chi connectivity index (χ4v) is 1.71. The van der Waals surface area contributed by atoms with Crippen molar-refractivity contribution in [3.05, 3.63) is 29.4 Å². The number of ether oxygens (including phenoxy) is 2. The molecular formula is C12H14ClN5O2. The monoisotopic (exact) mass is 295 g/mol. The van der Waals surface area contributed by atoms with Crippen LogP contribution in [0.15, 0.2) is 24.4 Å². The van der Waals surface area contributed by atoms with Crippen LogP contribution >= 0.6 is 11.6 Å². The Morgan fingerprint density at radius 1 is 1.20 bits per heavy atom. The number of nitrogens with one attached hydrogen (secondary N) is 2. The van der Waals surface area contributed by atoms with Crippen LogP contribution in [-0.4, -0.2) is 24.2 Å². The van der Waals surface area contributed by atoms with E-state index in [-0.39, 0.29) is 5.95 Å². The zero-order valence-corrected chi connectivity index (χ0v) is 11.7. The number of benzene rings is 1. The van der Waals surface area contributed by atoms with Gasteiger partial charge in [0.25, 0.3) is 0 Å². The van der Waals surface area contributed by atoms with E-state index < -0.39 is 0 Å². The maximum Gasteiger partial charge on any atom is 0.239 e. The Hall–Kier alpha value is -2.25. The topological polar surface area (TPSA) is 94.3 Å². The van der Waals surface area contributed by atoms with Gasteiger partial charge in [-0.2, -0.15) is 4.98 Å². The first-order valence-corrected chi connectivity index (χ1v) is 6.04. The minimum absolute atomic E-state index is 0.261. The number of nitrogens with two attached hydrogens (primary N) is 1. The van der Waals surface area contributed by atoms with Crippen molar-refractivity contribution in [2.45, 2.75) is 0 Å². The Morgan fingerprint density at radius 3 is 2.60 bits per heavy atom. The summed E-state index contributed by atoms with van der Waals surface area (Å²) in [6.45, 7) is 0. The van der Waals surface area contributed by atoms with E-state index in [1.807, 2.05) is 6.07 Å². The summed E-state index contributed by atoms with van der Waals surface area (Å²) in [5, 5.41) is 3.43. The number of rotatable bonds is 5. The number of anilines is 3. The van der Waals surface area contributed by atoms with Gasteiger partial charge in [-0.25, -0.2) is 10.8 Å². The van der Waals surface area contributed by atoms with Crippen LogP contribution in [0.25, 0.3) is 0 Å². The highest BCUT2D eigenvalue weighted by Crippen LogP contribution is 2.32. The van der Waals surface area contributed by atoms with Crippen molar-refractivity contribution in [3.63, 3.8) is 0 Å². The SMILES string of the molecule is COc1ccc(Nc2nc(NN)ncc2Cl)cc1OC. The molecule has 0 aliphatic carbocycles. The molecule has 0 aliphatic heterocycles. The summed E-state index contributed by atoms with van der Waals surface area (Å²) < 4.78 is 10.4. The Balaban J connectivity index is 2.30. The number of nitrogens with zero attached hydrogens (tertiary/aromatic N) is 2. The first-order chi connectivity index (χ1) is 9.67. The Kier molecular flexibility index (Phi) is 4.44. The van der Waals surface area contributed by atoms with Gasteiger partial charge in [0.05, 0.1) is 20.4 Å². The lowest BCUT2D eigenvalue weighted by Crippen LogP contribution is -2.11. The van der Waals surface area contributed by atoms with Gasteiger partial charge in [0.15, 0.2) is 17.3 Å². The predicted molar refractivity (Wildman–Crippen MR) is 77.7 cm³/mol. The predicted octanol–water partition coefficient (Wildman–Crippen LogP) is 2.18. The number of hydrogen-bond acceptors (Lipinski definition) is 7. The average molecular weight is 296 g/mol. The quantitative estimate of drug-likeness (QED) is 0.575. The molecule has 20 heavy (non-hydrogen) atoms. The van der Waals surface area contributed by atoms with Crippen molar-refractivity contribution < 1.29 is 9.47 Å². The second-order valence-electron chi connectivity index (χ2n) is 3.73. The highest BCUT2D eigenvalue weighted by Gasteiger charge is 2.08. The van der Waals surface area contributed by atoms with E-state index in [1.54, 1.807) is 26.4 Å². The van der Waals surface area contributed by atoms with Gasteiger partial charge in [-0.3, -0.25) is 5.43 Å². The van der Waals surface area contributed by atoms with Crippen LogP contribution in [0.4, 0.5) is 17.5 Å². The van der Waals surface area contributed by atoms with Gasteiger partial charge >= 0.3 is 0 Å². The van der Waals surface area contributed by atoms with E-state index in [2.05, 4.69) is 20.7 Å². The summed E-state index contributed by atoms with van der Waals surface area (Å²) in [5.74, 6) is 7.19. The highest BCUT2D eigenvalue weighted by atomic mass is 35.5. The van der Waals surface area contributed by atoms with Crippen molar-refractivity contribution >= 4 is 29.1 Å². The van der Waals surface area contributed by atoms with Gasteiger partial charge in [0.2, 0.25) is 5.95 Å². The lowest BCUT2D eigenvalue weighted by Gasteiger charge is -2.12. The maximum atomic E-state index is 6.02. The molecule has 0 atom stereocenters. The molecule has 4 N–H and O–H groups in total. The first kappa shape index (κ1) is 14.2. The first-order valence-electron chi connectivity index (χ1n) is 5.66. The number of nitrogen functional groups attached to an aromatic ring is 1. The van der Waals surface area contributed by atoms with Crippen molar-refractivity contribution in [2.75, 3.05) is 25.0 Å². The Bertz CT molecular complexity index is 608. The normalized spacial score (nSPS) is 10.0. The molecule has 8 heteroatoms. The van der Waals surface area contributed by atoms with E-state index in [0.717, 1.165) is 5.69 Å². The van der Waals surface area contributed by atoms with Crippen LogP contribution in [0.5, 0.6) is 11.5 Å². The van der Waals surface area contributed by atoms with Crippen molar-refractivity contribution in [2.24, 2.45) is 5.84 Å². The molecule has 0 saturated heterocycles.